The Labute approximate surface area is 67.0 Å². The van der Waals surface area contributed by atoms with Crippen LogP contribution in [0.3, 0.4) is 0 Å². The molecule has 2 rings (SSSR count). The van der Waals surface area contributed by atoms with Crippen molar-refractivity contribution in [1.29, 1.82) is 0 Å². The van der Waals surface area contributed by atoms with Gasteiger partial charge in [0.15, 0.2) is 0 Å². The van der Waals surface area contributed by atoms with Crippen molar-refractivity contribution in [2.24, 2.45) is 0 Å². The Morgan fingerprint density at radius 3 is 3.20 bits per heavy atom. The van der Waals surface area contributed by atoms with E-state index in [1.54, 1.807) is 0 Å². The van der Waals surface area contributed by atoms with E-state index in [1.807, 2.05) is 0 Å². The number of fused-ring (bicyclic) bond motifs is 1. The number of hydrogen-bond donors (Lipinski definition) is 1. The van der Waals surface area contributed by atoms with Gasteiger partial charge in [-0.15, -0.1) is 0 Å². The Hall–Kier alpha value is 0.310. The zero-order valence-corrected chi connectivity index (χ0v) is 7.29. The topological polar surface area (TPSA) is 12.0 Å². The summed E-state index contributed by atoms with van der Waals surface area (Å²) in [5.74, 6) is 1.32. The molecule has 0 aromatic carbocycles. The van der Waals surface area contributed by atoms with E-state index in [2.05, 4.69) is 24.0 Å². The average Bonchev–Trinajstić information content (AvgIpc) is 2.33. The second-order valence-corrected chi connectivity index (χ2v) is 4.75. The third kappa shape index (κ3) is 1.19. The van der Waals surface area contributed by atoms with Crippen LogP contribution in [0.4, 0.5) is 0 Å². The van der Waals surface area contributed by atoms with Crippen LogP contribution < -0.4 is 5.32 Å². The lowest BCUT2D eigenvalue weighted by Crippen LogP contribution is -2.45. The van der Waals surface area contributed by atoms with Gasteiger partial charge in [-0.25, -0.2) is 0 Å². The van der Waals surface area contributed by atoms with E-state index < -0.39 is 0 Å². The van der Waals surface area contributed by atoms with Crippen LogP contribution in [0.1, 0.15) is 26.2 Å². The zero-order chi connectivity index (χ0) is 6.97. The van der Waals surface area contributed by atoms with E-state index in [0.29, 0.717) is 0 Å². The maximum absolute atomic E-state index is 3.66. The molecule has 1 N–H and O–H groups in total. The largest absolute Gasteiger partial charge is 0.310 e. The summed E-state index contributed by atoms with van der Waals surface area (Å²) in [6.45, 7) is 2.29. The molecule has 58 valence electrons. The van der Waals surface area contributed by atoms with Crippen molar-refractivity contribution in [3.8, 4) is 0 Å². The first-order valence-electron chi connectivity index (χ1n) is 4.24. The molecule has 1 aliphatic carbocycles. The Balaban J connectivity index is 1.96. The maximum Gasteiger partial charge on any atom is 0.0201 e. The van der Waals surface area contributed by atoms with Crippen molar-refractivity contribution >= 4 is 11.8 Å². The first kappa shape index (κ1) is 6.99. The van der Waals surface area contributed by atoms with Crippen molar-refractivity contribution in [3.63, 3.8) is 0 Å². The summed E-state index contributed by atoms with van der Waals surface area (Å²) >= 11 is 2.18. The van der Waals surface area contributed by atoms with Gasteiger partial charge in [0.2, 0.25) is 0 Å². The van der Waals surface area contributed by atoms with Crippen molar-refractivity contribution in [1.82, 2.24) is 5.32 Å². The molecule has 1 nitrogen and oxygen atoms in total. The number of rotatable bonds is 0. The van der Waals surface area contributed by atoms with E-state index in [-0.39, 0.29) is 0 Å². The molecule has 1 heterocycles. The van der Waals surface area contributed by atoms with Crippen molar-refractivity contribution in [2.45, 2.75) is 43.5 Å². The average molecular weight is 157 g/mol. The fraction of sp³-hybridized carbons (Fsp3) is 1.00. The van der Waals surface area contributed by atoms with Gasteiger partial charge >= 0.3 is 0 Å². The Bertz CT molecular complexity index is 126. The molecule has 0 bridgehead atoms. The monoisotopic (exact) mass is 157 g/mol. The molecule has 0 aromatic rings. The lowest BCUT2D eigenvalue weighted by Gasteiger charge is -2.30. The van der Waals surface area contributed by atoms with Crippen molar-refractivity contribution in [3.05, 3.63) is 0 Å². The normalized spacial score (nSPS) is 47.1. The van der Waals surface area contributed by atoms with Crippen molar-refractivity contribution < 1.29 is 0 Å². The number of hydrogen-bond acceptors (Lipinski definition) is 2. The lowest BCUT2D eigenvalue weighted by atomic mass is 10.2. The quantitative estimate of drug-likeness (QED) is 0.573. The first-order valence-corrected chi connectivity index (χ1v) is 5.29. The van der Waals surface area contributed by atoms with Crippen LogP contribution in [0.15, 0.2) is 0 Å². The second kappa shape index (κ2) is 2.74. The summed E-state index contributed by atoms with van der Waals surface area (Å²) in [6, 6.07) is 1.61. The molecule has 10 heavy (non-hydrogen) atoms. The van der Waals surface area contributed by atoms with E-state index in [0.717, 1.165) is 17.3 Å². The van der Waals surface area contributed by atoms with Gasteiger partial charge in [-0.3, -0.25) is 0 Å². The smallest absolute Gasteiger partial charge is 0.0201 e. The van der Waals surface area contributed by atoms with Crippen molar-refractivity contribution in [2.75, 3.05) is 5.75 Å². The van der Waals surface area contributed by atoms with Gasteiger partial charge in [0.25, 0.3) is 0 Å². The zero-order valence-electron chi connectivity index (χ0n) is 6.47. The van der Waals surface area contributed by atoms with Crippen LogP contribution in [-0.2, 0) is 0 Å². The van der Waals surface area contributed by atoms with Gasteiger partial charge < -0.3 is 5.32 Å². The van der Waals surface area contributed by atoms with Gasteiger partial charge in [-0.05, 0) is 19.8 Å². The Morgan fingerprint density at radius 1 is 1.40 bits per heavy atom. The van der Waals surface area contributed by atoms with Crippen LogP contribution in [0, 0.1) is 0 Å². The maximum atomic E-state index is 3.66. The lowest BCUT2D eigenvalue weighted by molar-refractivity contribution is 0.466. The molecule has 0 amide bonds. The molecule has 2 heteroatoms. The van der Waals surface area contributed by atoms with Crippen LogP contribution >= 0.6 is 11.8 Å². The number of nitrogens with one attached hydrogen (secondary N) is 1. The molecule has 2 fully saturated rings. The highest BCUT2D eigenvalue weighted by molar-refractivity contribution is 8.00. The molecular formula is C8H15NS. The molecular weight excluding hydrogens is 142 g/mol. The standard InChI is InChI=1S/C8H15NS/c1-6-5-10-8-4-2-3-7(8)9-6/h6-9H,2-5H2,1H3. The van der Waals surface area contributed by atoms with E-state index in [9.17, 15) is 0 Å². The molecule has 0 radical (unpaired) electrons. The minimum Gasteiger partial charge on any atom is -0.310 e. The fourth-order valence-corrected chi connectivity index (χ4v) is 3.41. The van der Waals surface area contributed by atoms with Crippen LogP contribution in [0.25, 0.3) is 0 Å². The van der Waals surface area contributed by atoms with Crippen LogP contribution in [0.2, 0.25) is 0 Å². The fourth-order valence-electron chi connectivity index (χ4n) is 2.00. The molecule has 1 saturated carbocycles. The van der Waals surface area contributed by atoms with Gasteiger partial charge in [-0.1, -0.05) is 6.42 Å². The Kier molecular flexibility index (Phi) is 1.92. The van der Waals surface area contributed by atoms with Gasteiger partial charge in [0.1, 0.15) is 0 Å². The summed E-state index contributed by atoms with van der Waals surface area (Å²) in [6.07, 6.45) is 4.32. The summed E-state index contributed by atoms with van der Waals surface area (Å²) < 4.78 is 0. The minimum atomic E-state index is 0.754. The molecule has 2 aliphatic rings. The summed E-state index contributed by atoms with van der Waals surface area (Å²) in [5, 5.41) is 4.61. The number of thioether (sulfide) groups is 1. The minimum absolute atomic E-state index is 0.754. The van der Waals surface area contributed by atoms with Gasteiger partial charge in [0.05, 0.1) is 0 Å². The summed E-state index contributed by atoms with van der Waals surface area (Å²) in [5.41, 5.74) is 0. The molecule has 3 unspecified atom stereocenters. The predicted octanol–water partition coefficient (Wildman–Crippen LogP) is 1.63. The Morgan fingerprint density at radius 2 is 2.30 bits per heavy atom. The molecule has 0 aromatic heterocycles. The second-order valence-electron chi connectivity index (χ2n) is 3.48. The van der Waals surface area contributed by atoms with E-state index in [1.165, 1.54) is 25.0 Å². The molecule has 1 aliphatic heterocycles. The van der Waals surface area contributed by atoms with Crippen LogP contribution in [-0.4, -0.2) is 23.1 Å². The highest BCUT2D eigenvalue weighted by Crippen LogP contribution is 2.33. The summed E-state index contributed by atoms with van der Waals surface area (Å²) in [7, 11) is 0. The predicted molar refractivity (Wildman–Crippen MR) is 46.5 cm³/mol. The van der Waals surface area contributed by atoms with Gasteiger partial charge in [0, 0.05) is 23.1 Å². The van der Waals surface area contributed by atoms with Crippen LogP contribution in [0.5, 0.6) is 0 Å². The van der Waals surface area contributed by atoms with E-state index >= 15 is 0 Å². The molecule has 1 saturated heterocycles. The summed E-state index contributed by atoms with van der Waals surface area (Å²) in [4.78, 5) is 0. The van der Waals surface area contributed by atoms with Gasteiger partial charge in [-0.2, -0.15) is 11.8 Å². The molecule has 0 spiro atoms. The highest BCUT2D eigenvalue weighted by atomic mass is 32.2. The first-order chi connectivity index (χ1) is 4.86. The molecule has 3 atom stereocenters. The highest BCUT2D eigenvalue weighted by Gasteiger charge is 2.31. The van der Waals surface area contributed by atoms with E-state index in [4.69, 9.17) is 0 Å². The third-order valence-corrected chi connectivity index (χ3v) is 4.20. The SMILES string of the molecule is CC1CSC2CCCC2N1. The third-order valence-electron chi connectivity index (χ3n) is 2.51.